The Morgan fingerprint density at radius 3 is 2.87 bits per heavy atom. The molecule has 0 spiro atoms. The number of amides is 1. The van der Waals surface area contributed by atoms with E-state index in [1.165, 1.54) is 28.3 Å². The summed E-state index contributed by atoms with van der Waals surface area (Å²) >= 11 is 1.46. The summed E-state index contributed by atoms with van der Waals surface area (Å²) in [7, 11) is 0. The number of nitrogens with one attached hydrogen (secondary N) is 2. The highest BCUT2D eigenvalue weighted by molar-refractivity contribution is 7.22. The van der Waals surface area contributed by atoms with Gasteiger partial charge in [0.2, 0.25) is 0 Å². The summed E-state index contributed by atoms with van der Waals surface area (Å²) in [5, 5.41) is 15.6. The van der Waals surface area contributed by atoms with E-state index in [1.807, 2.05) is 18.2 Å². The third kappa shape index (κ3) is 4.13. The van der Waals surface area contributed by atoms with E-state index in [2.05, 4.69) is 25.8 Å². The van der Waals surface area contributed by atoms with Crippen molar-refractivity contribution >= 4 is 32.6 Å². The summed E-state index contributed by atoms with van der Waals surface area (Å²) in [6.07, 6.45) is 6.30. The molecular formula is C22H21FN6OS. The largest absolute Gasteiger partial charge is 0.358 e. The van der Waals surface area contributed by atoms with Gasteiger partial charge in [-0.05, 0) is 49.1 Å². The molecule has 1 amide bonds. The fourth-order valence-electron chi connectivity index (χ4n) is 4.09. The molecule has 2 heterocycles. The molecule has 9 heteroatoms. The highest BCUT2D eigenvalue weighted by Crippen LogP contribution is 2.32. The molecule has 0 aliphatic heterocycles. The molecule has 2 aromatic carbocycles. The fraction of sp³-hybridized carbons (Fsp3) is 0.273. The number of thiazole rings is 1. The number of rotatable bonds is 6. The Morgan fingerprint density at radius 1 is 1.16 bits per heavy atom. The third-order valence-electron chi connectivity index (χ3n) is 5.63. The van der Waals surface area contributed by atoms with Gasteiger partial charge in [0, 0.05) is 12.6 Å². The van der Waals surface area contributed by atoms with Crippen LogP contribution in [-0.2, 0) is 0 Å². The quantitative estimate of drug-likeness (QED) is 0.477. The molecule has 0 bridgehead atoms. The summed E-state index contributed by atoms with van der Waals surface area (Å²) < 4.78 is 14.3. The third-order valence-corrected chi connectivity index (χ3v) is 6.58. The first-order valence-corrected chi connectivity index (χ1v) is 11.1. The SMILES string of the molecule is O=C(NCC1CCCC1Nc1nc2ccc(F)cc2s1)c1ccccc1-n1nccn1. The predicted octanol–water partition coefficient (Wildman–Crippen LogP) is 4.03. The van der Waals surface area contributed by atoms with Crippen LogP contribution < -0.4 is 10.6 Å². The molecule has 2 N–H and O–H groups in total. The zero-order valence-corrected chi connectivity index (χ0v) is 17.5. The molecule has 1 aliphatic carbocycles. The lowest BCUT2D eigenvalue weighted by Crippen LogP contribution is -2.36. The number of anilines is 1. The molecule has 2 aromatic heterocycles. The second-order valence-electron chi connectivity index (χ2n) is 7.62. The number of fused-ring (bicyclic) bond motifs is 1. The summed E-state index contributed by atoms with van der Waals surface area (Å²) in [4.78, 5) is 18.9. The molecule has 1 saturated carbocycles. The van der Waals surface area contributed by atoms with E-state index >= 15 is 0 Å². The van der Waals surface area contributed by atoms with Crippen LogP contribution in [0.3, 0.4) is 0 Å². The number of para-hydroxylation sites is 1. The van der Waals surface area contributed by atoms with Crippen LogP contribution in [0.4, 0.5) is 9.52 Å². The van der Waals surface area contributed by atoms with Gasteiger partial charge in [-0.1, -0.05) is 29.9 Å². The summed E-state index contributed by atoms with van der Waals surface area (Å²) in [5.41, 5.74) is 1.97. The Kier molecular flexibility index (Phi) is 5.33. The Morgan fingerprint density at radius 2 is 2.00 bits per heavy atom. The first-order valence-electron chi connectivity index (χ1n) is 10.2. The molecule has 158 valence electrons. The normalized spacial score (nSPS) is 18.4. The Balaban J connectivity index is 1.25. The highest BCUT2D eigenvalue weighted by atomic mass is 32.1. The molecule has 31 heavy (non-hydrogen) atoms. The van der Waals surface area contributed by atoms with E-state index in [0.29, 0.717) is 23.7 Å². The lowest BCUT2D eigenvalue weighted by Gasteiger charge is -2.21. The minimum Gasteiger partial charge on any atom is -0.358 e. The number of hydrogen-bond donors (Lipinski definition) is 2. The van der Waals surface area contributed by atoms with E-state index < -0.39 is 0 Å². The molecule has 2 unspecified atom stereocenters. The molecule has 0 saturated heterocycles. The molecule has 1 fully saturated rings. The Bertz CT molecular complexity index is 1210. The van der Waals surface area contributed by atoms with Gasteiger partial charge in [-0.15, -0.1) is 0 Å². The van der Waals surface area contributed by atoms with Gasteiger partial charge in [0.15, 0.2) is 5.13 Å². The molecule has 1 aliphatic rings. The lowest BCUT2D eigenvalue weighted by atomic mass is 10.0. The second kappa shape index (κ2) is 8.43. The lowest BCUT2D eigenvalue weighted by molar-refractivity contribution is 0.0946. The maximum atomic E-state index is 13.5. The van der Waals surface area contributed by atoms with Crippen molar-refractivity contribution in [3.8, 4) is 5.69 Å². The van der Waals surface area contributed by atoms with E-state index in [9.17, 15) is 9.18 Å². The minimum atomic E-state index is -0.255. The van der Waals surface area contributed by atoms with Crippen LogP contribution >= 0.6 is 11.3 Å². The topological polar surface area (TPSA) is 84.7 Å². The van der Waals surface area contributed by atoms with Crippen molar-refractivity contribution in [1.82, 2.24) is 25.3 Å². The van der Waals surface area contributed by atoms with Crippen molar-refractivity contribution in [3.05, 3.63) is 66.2 Å². The van der Waals surface area contributed by atoms with E-state index in [-0.39, 0.29) is 17.8 Å². The summed E-state index contributed by atoms with van der Waals surface area (Å²) in [6.45, 7) is 0.566. The predicted molar refractivity (Wildman–Crippen MR) is 118 cm³/mol. The Labute approximate surface area is 182 Å². The van der Waals surface area contributed by atoms with Gasteiger partial charge in [0.25, 0.3) is 5.91 Å². The van der Waals surface area contributed by atoms with E-state index in [4.69, 9.17) is 0 Å². The summed E-state index contributed by atoms with van der Waals surface area (Å²) in [5.74, 6) is -0.105. The number of carbonyl (C=O) groups excluding carboxylic acids is 1. The number of hydrogen-bond acceptors (Lipinski definition) is 6. The van der Waals surface area contributed by atoms with Crippen LogP contribution in [0.2, 0.25) is 0 Å². The van der Waals surface area contributed by atoms with Crippen molar-refractivity contribution in [2.45, 2.75) is 25.3 Å². The molecule has 4 aromatic rings. The molecule has 0 radical (unpaired) electrons. The second-order valence-corrected chi connectivity index (χ2v) is 8.65. The first-order chi connectivity index (χ1) is 15.2. The number of benzene rings is 2. The van der Waals surface area contributed by atoms with Gasteiger partial charge in [0.1, 0.15) is 5.82 Å². The van der Waals surface area contributed by atoms with Crippen molar-refractivity contribution in [3.63, 3.8) is 0 Å². The van der Waals surface area contributed by atoms with Crippen LogP contribution in [0, 0.1) is 11.7 Å². The number of nitrogens with zero attached hydrogens (tertiary/aromatic N) is 4. The van der Waals surface area contributed by atoms with Gasteiger partial charge < -0.3 is 10.6 Å². The van der Waals surface area contributed by atoms with Crippen LogP contribution in [0.5, 0.6) is 0 Å². The number of aromatic nitrogens is 4. The molecule has 5 rings (SSSR count). The number of halogens is 1. The van der Waals surface area contributed by atoms with E-state index in [0.717, 1.165) is 34.6 Å². The zero-order chi connectivity index (χ0) is 21.2. The number of carbonyl (C=O) groups is 1. The smallest absolute Gasteiger partial charge is 0.253 e. The average Bonchev–Trinajstić information content (AvgIpc) is 3.53. The maximum Gasteiger partial charge on any atom is 0.253 e. The first kappa shape index (κ1) is 19.6. The Hall–Kier alpha value is -3.33. The molecular weight excluding hydrogens is 415 g/mol. The minimum absolute atomic E-state index is 0.144. The maximum absolute atomic E-state index is 13.5. The van der Waals surface area contributed by atoms with Gasteiger partial charge in [-0.25, -0.2) is 9.37 Å². The van der Waals surface area contributed by atoms with Crippen LogP contribution in [0.15, 0.2) is 54.9 Å². The van der Waals surface area contributed by atoms with Crippen molar-refractivity contribution < 1.29 is 9.18 Å². The van der Waals surface area contributed by atoms with Crippen molar-refractivity contribution in [2.75, 3.05) is 11.9 Å². The highest BCUT2D eigenvalue weighted by Gasteiger charge is 2.28. The standard InChI is InChI=1S/C22H21FN6OS/c23-15-8-9-18-20(12-15)31-22(28-18)27-17-6-3-4-14(17)13-24-21(30)16-5-1-2-7-19(16)29-25-10-11-26-29/h1-2,5,7-12,14,17H,3-4,6,13H2,(H,24,30)(H,27,28). The summed E-state index contributed by atoms with van der Waals surface area (Å²) in [6, 6.07) is 12.1. The van der Waals surface area contributed by atoms with Crippen LogP contribution in [0.25, 0.3) is 15.9 Å². The molecule has 2 atom stereocenters. The van der Waals surface area contributed by atoms with Crippen LogP contribution in [-0.4, -0.2) is 38.5 Å². The van der Waals surface area contributed by atoms with Gasteiger partial charge >= 0.3 is 0 Å². The average molecular weight is 437 g/mol. The molecule has 7 nitrogen and oxygen atoms in total. The monoisotopic (exact) mass is 436 g/mol. The van der Waals surface area contributed by atoms with Crippen molar-refractivity contribution in [2.24, 2.45) is 5.92 Å². The zero-order valence-electron chi connectivity index (χ0n) is 16.7. The van der Waals surface area contributed by atoms with Crippen molar-refractivity contribution in [1.29, 1.82) is 0 Å². The fourth-order valence-corrected chi connectivity index (χ4v) is 5.04. The van der Waals surface area contributed by atoms with Crippen LogP contribution in [0.1, 0.15) is 29.6 Å². The van der Waals surface area contributed by atoms with Gasteiger partial charge in [0.05, 0.1) is 33.9 Å². The van der Waals surface area contributed by atoms with E-state index in [1.54, 1.807) is 24.5 Å². The van der Waals surface area contributed by atoms with Gasteiger partial charge in [-0.3, -0.25) is 4.79 Å². The van der Waals surface area contributed by atoms with Gasteiger partial charge in [-0.2, -0.15) is 15.0 Å².